The zero-order valence-electron chi connectivity index (χ0n) is 49.5. The van der Waals surface area contributed by atoms with E-state index >= 15 is 0 Å². The van der Waals surface area contributed by atoms with Crippen LogP contribution in [-0.2, 0) is 28.6 Å². The van der Waals surface area contributed by atoms with Gasteiger partial charge in [0, 0.05) is 19.3 Å². The Hall–Kier alpha value is -4.19. The summed E-state index contributed by atoms with van der Waals surface area (Å²) in [6.45, 7) is 6.47. The van der Waals surface area contributed by atoms with Crippen molar-refractivity contribution >= 4 is 17.9 Å². The van der Waals surface area contributed by atoms with E-state index in [1.165, 1.54) is 103 Å². The SMILES string of the molecule is CC/C=C\C/C=C\C/C=C\C/C=C\C/C=C\C/C=C\C/C=C\C/C=C\C/C=C\CCCCCCCC(=O)OCC(COC(=O)CCCCCCC/C=C\CCCC)OC(=O)CCCCCCCCCCCCCCCC. The summed E-state index contributed by atoms with van der Waals surface area (Å²) in [5.74, 6) is -0.913. The van der Waals surface area contributed by atoms with Gasteiger partial charge in [0.2, 0.25) is 0 Å². The monoisotopic (exact) mass is 1050 g/mol. The van der Waals surface area contributed by atoms with Gasteiger partial charge in [0.15, 0.2) is 6.10 Å². The Morgan fingerprint density at radius 3 is 0.855 bits per heavy atom. The maximum Gasteiger partial charge on any atom is 0.306 e. The van der Waals surface area contributed by atoms with E-state index in [9.17, 15) is 14.4 Å². The van der Waals surface area contributed by atoms with Crippen molar-refractivity contribution in [3.05, 3.63) is 122 Å². The maximum absolute atomic E-state index is 12.8. The Balaban J connectivity index is 4.27. The Labute approximate surface area is 469 Å². The molecule has 0 spiro atoms. The van der Waals surface area contributed by atoms with Crippen LogP contribution in [0.4, 0.5) is 0 Å². The second kappa shape index (κ2) is 63.3. The van der Waals surface area contributed by atoms with Gasteiger partial charge in [-0.1, -0.05) is 277 Å². The smallest absolute Gasteiger partial charge is 0.306 e. The third kappa shape index (κ3) is 60.7. The van der Waals surface area contributed by atoms with Crippen LogP contribution in [0.3, 0.4) is 0 Å². The third-order valence-electron chi connectivity index (χ3n) is 13.2. The molecule has 0 radical (unpaired) electrons. The average Bonchev–Trinajstić information content (AvgIpc) is 3.42. The summed E-state index contributed by atoms with van der Waals surface area (Å²) in [5.41, 5.74) is 0. The Kier molecular flexibility index (Phi) is 59.9. The van der Waals surface area contributed by atoms with Gasteiger partial charge in [-0.25, -0.2) is 0 Å². The van der Waals surface area contributed by atoms with Gasteiger partial charge < -0.3 is 14.2 Å². The molecule has 0 bridgehead atoms. The lowest BCUT2D eigenvalue weighted by molar-refractivity contribution is -0.167. The molecule has 0 aromatic rings. The zero-order chi connectivity index (χ0) is 55.0. The highest BCUT2D eigenvalue weighted by atomic mass is 16.6. The van der Waals surface area contributed by atoms with E-state index < -0.39 is 6.10 Å². The number of esters is 3. The summed E-state index contributed by atoms with van der Waals surface area (Å²) in [6.07, 6.45) is 87.8. The van der Waals surface area contributed by atoms with Crippen molar-refractivity contribution in [2.24, 2.45) is 0 Å². The molecule has 0 aliphatic heterocycles. The predicted molar refractivity (Wildman–Crippen MR) is 330 cm³/mol. The second-order valence-corrected chi connectivity index (χ2v) is 20.6. The van der Waals surface area contributed by atoms with Crippen molar-refractivity contribution in [1.82, 2.24) is 0 Å². The van der Waals surface area contributed by atoms with Crippen LogP contribution in [0.15, 0.2) is 122 Å². The summed E-state index contributed by atoms with van der Waals surface area (Å²) in [6, 6.07) is 0. The zero-order valence-corrected chi connectivity index (χ0v) is 49.5. The number of unbranched alkanes of at least 4 members (excludes halogenated alkanes) is 25. The highest BCUT2D eigenvalue weighted by Crippen LogP contribution is 2.15. The number of carbonyl (C=O) groups is 3. The van der Waals surface area contributed by atoms with E-state index in [1.54, 1.807) is 0 Å². The van der Waals surface area contributed by atoms with Gasteiger partial charge in [-0.2, -0.15) is 0 Å². The molecule has 0 aromatic carbocycles. The van der Waals surface area contributed by atoms with E-state index in [2.05, 4.69) is 142 Å². The molecular formula is C70H116O6. The van der Waals surface area contributed by atoms with Crippen LogP contribution in [0.2, 0.25) is 0 Å². The fourth-order valence-corrected chi connectivity index (χ4v) is 8.48. The van der Waals surface area contributed by atoms with Crippen molar-refractivity contribution in [2.45, 2.75) is 290 Å². The van der Waals surface area contributed by atoms with Crippen molar-refractivity contribution in [3.63, 3.8) is 0 Å². The quantitative estimate of drug-likeness (QED) is 0.0261. The Morgan fingerprint density at radius 2 is 0.526 bits per heavy atom. The van der Waals surface area contributed by atoms with Gasteiger partial charge in [-0.15, -0.1) is 0 Å². The van der Waals surface area contributed by atoms with Crippen molar-refractivity contribution < 1.29 is 28.6 Å². The molecule has 0 saturated heterocycles. The molecule has 0 aromatic heterocycles. The van der Waals surface area contributed by atoms with Crippen LogP contribution < -0.4 is 0 Å². The number of carbonyl (C=O) groups excluding carboxylic acids is 3. The molecule has 1 unspecified atom stereocenters. The van der Waals surface area contributed by atoms with Gasteiger partial charge in [-0.3, -0.25) is 14.4 Å². The van der Waals surface area contributed by atoms with E-state index in [-0.39, 0.29) is 31.1 Å². The normalized spacial score (nSPS) is 12.9. The van der Waals surface area contributed by atoms with E-state index in [0.29, 0.717) is 19.3 Å². The predicted octanol–water partition coefficient (Wildman–Crippen LogP) is 21.6. The maximum atomic E-state index is 12.8. The number of allylic oxidation sites excluding steroid dienone is 20. The molecule has 0 aliphatic carbocycles. The molecular weight excluding hydrogens is 937 g/mol. The molecule has 0 amide bonds. The molecule has 0 heterocycles. The Bertz CT molecular complexity index is 1590. The van der Waals surface area contributed by atoms with Gasteiger partial charge in [0.25, 0.3) is 0 Å². The highest BCUT2D eigenvalue weighted by molar-refractivity contribution is 5.71. The fourth-order valence-electron chi connectivity index (χ4n) is 8.48. The molecule has 0 rings (SSSR count). The van der Waals surface area contributed by atoms with Crippen LogP contribution in [0.5, 0.6) is 0 Å². The molecule has 6 heteroatoms. The van der Waals surface area contributed by atoms with Crippen LogP contribution >= 0.6 is 0 Å². The summed E-state index contributed by atoms with van der Waals surface area (Å²) in [4.78, 5) is 38.1. The molecule has 0 N–H and O–H groups in total. The van der Waals surface area contributed by atoms with E-state index in [4.69, 9.17) is 14.2 Å². The van der Waals surface area contributed by atoms with Crippen molar-refractivity contribution in [2.75, 3.05) is 13.2 Å². The van der Waals surface area contributed by atoms with Gasteiger partial charge in [0.1, 0.15) is 13.2 Å². The second-order valence-electron chi connectivity index (χ2n) is 20.6. The van der Waals surface area contributed by atoms with E-state index in [0.717, 1.165) is 141 Å². The number of ether oxygens (including phenoxy) is 3. The van der Waals surface area contributed by atoms with Gasteiger partial charge in [0.05, 0.1) is 0 Å². The lowest BCUT2D eigenvalue weighted by Crippen LogP contribution is -2.30. The average molecular weight is 1050 g/mol. The lowest BCUT2D eigenvalue weighted by Gasteiger charge is -2.18. The molecule has 6 nitrogen and oxygen atoms in total. The number of rotatable bonds is 56. The minimum absolute atomic E-state index is 0.0879. The first kappa shape index (κ1) is 71.8. The Morgan fingerprint density at radius 1 is 0.276 bits per heavy atom. The van der Waals surface area contributed by atoms with Crippen molar-refractivity contribution in [1.29, 1.82) is 0 Å². The van der Waals surface area contributed by atoms with Crippen LogP contribution in [0.1, 0.15) is 284 Å². The topological polar surface area (TPSA) is 78.9 Å². The molecule has 432 valence electrons. The molecule has 0 aliphatic rings. The number of hydrogen-bond donors (Lipinski definition) is 0. The standard InChI is InChI=1S/C70H116O6/c1-4-7-10-13-16-19-22-24-26-27-28-29-30-31-32-33-34-35-36-37-38-39-40-41-42-43-44-46-48-51-54-57-60-63-69(72)75-66-67(65-74-68(71)62-59-56-53-50-47-21-18-15-12-9-6-3)76-70(73)64-61-58-55-52-49-45-25-23-20-17-14-11-8-5-2/h7,10,15-16,18-19,24,26,28-29,31-32,34-35,37-38,40-41,43-44,67H,4-6,8-9,11-14,17,20-23,25,27,30,33,36,39,42,45-66H2,1-3H3/b10-7-,18-15-,19-16-,26-24-,29-28-,32-31-,35-34-,38-37-,41-40-,44-43-. The van der Waals surface area contributed by atoms with Gasteiger partial charge >= 0.3 is 17.9 Å². The summed E-state index contributed by atoms with van der Waals surface area (Å²) in [7, 11) is 0. The van der Waals surface area contributed by atoms with Crippen LogP contribution in [0, 0.1) is 0 Å². The van der Waals surface area contributed by atoms with Crippen LogP contribution in [0.25, 0.3) is 0 Å². The molecule has 0 fully saturated rings. The van der Waals surface area contributed by atoms with Crippen molar-refractivity contribution in [3.8, 4) is 0 Å². The molecule has 1 atom stereocenters. The summed E-state index contributed by atoms with van der Waals surface area (Å²) < 4.78 is 16.8. The number of hydrogen-bond acceptors (Lipinski definition) is 6. The first-order valence-corrected chi connectivity index (χ1v) is 31.5. The minimum Gasteiger partial charge on any atom is -0.462 e. The largest absolute Gasteiger partial charge is 0.462 e. The third-order valence-corrected chi connectivity index (χ3v) is 13.2. The summed E-state index contributed by atoms with van der Waals surface area (Å²) in [5, 5.41) is 0. The van der Waals surface area contributed by atoms with E-state index in [1.807, 2.05) is 0 Å². The molecule has 76 heavy (non-hydrogen) atoms. The minimum atomic E-state index is -0.789. The highest BCUT2D eigenvalue weighted by Gasteiger charge is 2.19. The first-order valence-electron chi connectivity index (χ1n) is 31.5. The fraction of sp³-hybridized carbons (Fsp3) is 0.671. The van der Waals surface area contributed by atoms with Crippen LogP contribution in [-0.4, -0.2) is 37.2 Å². The van der Waals surface area contributed by atoms with Gasteiger partial charge in [-0.05, 0) is 109 Å². The summed E-state index contributed by atoms with van der Waals surface area (Å²) >= 11 is 0. The first-order chi connectivity index (χ1) is 37.5. The lowest BCUT2D eigenvalue weighted by atomic mass is 10.0. The molecule has 0 saturated carbocycles.